The quantitative estimate of drug-likeness (QED) is 0.584. The van der Waals surface area contributed by atoms with Gasteiger partial charge < -0.3 is 0 Å². The third kappa shape index (κ3) is 1.99. The predicted octanol–water partition coefficient (Wildman–Crippen LogP) is 1.95. The average Bonchev–Trinajstić information content (AvgIpc) is 3.11. The molecule has 3 heterocycles. The zero-order valence-corrected chi connectivity index (χ0v) is 12.2. The second-order valence-electron chi connectivity index (χ2n) is 4.49. The van der Waals surface area contributed by atoms with E-state index in [1.54, 1.807) is 0 Å². The number of hydrogen-bond acceptors (Lipinski definition) is 4. The molecule has 6 heteroatoms. The molecule has 4 rings (SSSR count). The van der Waals surface area contributed by atoms with E-state index in [0.717, 1.165) is 28.1 Å². The fourth-order valence-corrected chi connectivity index (χ4v) is 3.36. The zero-order valence-electron chi connectivity index (χ0n) is 10.5. The van der Waals surface area contributed by atoms with Gasteiger partial charge in [0.2, 0.25) is 0 Å². The number of anilines is 1. The molecule has 4 aromatic rings. The van der Waals surface area contributed by atoms with E-state index in [9.17, 15) is 0 Å². The number of imidazole rings is 1. The first-order valence-corrected chi connectivity index (χ1v) is 7.81. The summed E-state index contributed by atoms with van der Waals surface area (Å²) in [6.45, 7) is 0.681. The van der Waals surface area contributed by atoms with E-state index in [1.165, 1.54) is 0 Å². The van der Waals surface area contributed by atoms with E-state index in [4.69, 9.17) is 0 Å². The molecule has 0 aliphatic rings. The molecule has 0 radical (unpaired) electrons. The van der Waals surface area contributed by atoms with Gasteiger partial charge in [0.15, 0.2) is 0 Å². The Hall–Kier alpha value is -2.17. The van der Waals surface area contributed by atoms with Crippen LogP contribution in [0.3, 0.4) is 0 Å². The van der Waals surface area contributed by atoms with Crippen molar-refractivity contribution in [2.45, 2.75) is 6.54 Å². The molecule has 0 spiro atoms. The van der Waals surface area contributed by atoms with Crippen molar-refractivity contribution in [3.05, 3.63) is 54.5 Å². The Morgan fingerprint density at radius 2 is 2.10 bits per heavy atom. The summed E-state index contributed by atoms with van der Waals surface area (Å²) < 4.78 is 10.9. The fourth-order valence-electron chi connectivity index (χ4n) is 2.21. The number of nitrogens with zero attached hydrogens (tertiary/aromatic N) is 4. The molecule has 0 bridgehead atoms. The number of fused-ring (bicyclic) bond motifs is 2. The molecular formula is C14H11N5Se. The maximum absolute atomic E-state index is 4.57. The molecule has 0 saturated carbocycles. The van der Waals surface area contributed by atoms with Crippen LogP contribution < -0.4 is 5.32 Å². The molecular weight excluding hydrogens is 317 g/mol. The van der Waals surface area contributed by atoms with Gasteiger partial charge in [-0.15, -0.1) is 0 Å². The van der Waals surface area contributed by atoms with Gasteiger partial charge in [-0.1, -0.05) is 0 Å². The SMILES string of the molecule is c1cc(NCc2cn3ccccc3n2)c2n[se]nc2c1. The number of pyridine rings is 1. The maximum atomic E-state index is 4.57. The van der Waals surface area contributed by atoms with Gasteiger partial charge in [0.1, 0.15) is 0 Å². The van der Waals surface area contributed by atoms with Crippen molar-refractivity contribution in [2.24, 2.45) is 0 Å². The second kappa shape index (κ2) is 4.74. The van der Waals surface area contributed by atoms with Crippen LogP contribution in [0.2, 0.25) is 0 Å². The van der Waals surface area contributed by atoms with Crippen LogP contribution in [0.25, 0.3) is 16.7 Å². The van der Waals surface area contributed by atoms with Crippen LogP contribution in [-0.4, -0.2) is 32.3 Å². The molecule has 0 fully saturated rings. The van der Waals surface area contributed by atoms with Gasteiger partial charge in [-0.05, 0) is 0 Å². The third-order valence-corrected chi connectivity index (χ3v) is 4.30. The Morgan fingerprint density at radius 3 is 3.05 bits per heavy atom. The first-order valence-electron chi connectivity index (χ1n) is 6.28. The molecule has 0 unspecified atom stereocenters. The summed E-state index contributed by atoms with van der Waals surface area (Å²) in [6, 6.07) is 12.0. The number of rotatable bonds is 3. The van der Waals surface area contributed by atoms with Gasteiger partial charge in [0.05, 0.1) is 0 Å². The van der Waals surface area contributed by atoms with Gasteiger partial charge in [0.25, 0.3) is 0 Å². The van der Waals surface area contributed by atoms with E-state index in [0.29, 0.717) is 6.54 Å². The number of aromatic nitrogens is 4. The zero-order chi connectivity index (χ0) is 13.4. The number of hydrogen-bond donors (Lipinski definition) is 1. The van der Waals surface area contributed by atoms with Crippen molar-refractivity contribution in [1.82, 2.24) is 17.3 Å². The van der Waals surface area contributed by atoms with Crippen molar-refractivity contribution in [3.8, 4) is 0 Å². The van der Waals surface area contributed by atoms with Gasteiger partial charge in [-0.25, -0.2) is 0 Å². The van der Waals surface area contributed by atoms with Crippen LogP contribution in [0.1, 0.15) is 5.69 Å². The molecule has 5 nitrogen and oxygen atoms in total. The van der Waals surface area contributed by atoms with Gasteiger partial charge >= 0.3 is 121 Å². The Bertz CT molecular complexity index is 846. The Balaban J connectivity index is 1.62. The summed E-state index contributed by atoms with van der Waals surface area (Å²) in [5.74, 6) is 0. The molecule has 0 atom stereocenters. The normalized spacial score (nSPS) is 11.2. The molecule has 0 aliphatic carbocycles. The second-order valence-corrected chi connectivity index (χ2v) is 5.60. The summed E-state index contributed by atoms with van der Waals surface area (Å²) in [5.41, 5.74) is 4.98. The van der Waals surface area contributed by atoms with Crippen LogP contribution in [0.5, 0.6) is 0 Å². The molecule has 1 aromatic carbocycles. The molecule has 3 aromatic heterocycles. The molecule has 0 aliphatic heterocycles. The molecule has 98 valence electrons. The van der Waals surface area contributed by atoms with Crippen molar-refractivity contribution in [3.63, 3.8) is 0 Å². The summed E-state index contributed by atoms with van der Waals surface area (Å²) in [7, 11) is 0. The molecule has 20 heavy (non-hydrogen) atoms. The van der Waals surface area contributed by atoms with Crippen molar-refractivity contribution in [1.29, 1.82) is 0 Å². The minimum absolute atomic E-state index is 0.00318. The van der Waals surface area contributed by atoms with Crippen LogP contribution in [0.15, 0.2) is 48.8 Å². The summed E-state index contributed by atoms with van der Waals surface area (Å²) in [4.78, 5) is 4.57. The Morgan fingerprint density at radius 1 is 1.10 bits per heavy atom. The van der Waals surface area contributed by atoms with E-state index < -0.39 is 0 Å². The van der Waals surface area contributed by atoms with Crippen molar-refractivity contribution >= 4 is 37.3 Å². The summed E-state index contributed by atoms with van der Waals surface area (Å²) >= 11 is 0.00318. The van der Waals surface area contributed by atoms with Crippen molar-refractivity contribution < 1.29 is 0 Å². The summed E-state index contributed by atoms with van der Waals surface area (Å²) in [5, 5.41) is 3.40. The number of benzene rings is 1. The first kappa shape index (κ1) is 11.6. The van der Waals surface area contributed by atoms with Crippen LogP contribution in [0, 0.1) is 0 Å². The monoisotopic (exact) mass is 329 g/mol. The predicted molar refractivity (Wildman–Crippen MR) is 79.0 cm³/mol. The number of nitrogens with one attached hydrogen (secondary N) is 1. The van der Waals surface area contributed by atoms with E-state index in [2.05, 4.69) is 18.3 Å². The van der Waals surface area contributed by atoms with Crippen LogP contribution in [0.4, 0.5) is 5.69 Å². The van der Waals surface area contributed by atoms with Gasteiger partial charge in [-0.3, -0.25) is 0 Å². The third-order valence-electron chi connectivity index (χ3n) is 3.16. The Kier molecular flexibility index (Phi) is 2.76. The molecule has 0 saturated heterocycles. The van der Waals surface area contributed by atoms with Crippen LogP contribution in [-0.2, 0) is 6.54 Å². The van der Waals surface area contributed by atoms with Crippen LogP contribution >= 0.6 is 0 Å². The van der Waals surface area contributed by atoms with E-state index in [1.807, 2.05) is 53.2 Å². The molecule has 0 amide bonds. The van der Waals surface area contributed by atoms with Gasteiger partial charge in [-0.2, -0.15) is 0 Å². The standard InChI is InChI=1S/C14H11N5Se/c1-2-7-19-9-10(16-13(19)6-1)8-15-11-4-3-5-12-14(11)18-20-17-12/h1-7,9,15H,8H2. The van der Waals surface area contributed by atoms with E-state index >= 15 is 0 Å². The first-order chi connectivity index (χ1) is 9.90. The minimum atomic E-state index is 0.00318. The van der Waals surface area contributed by atoms with Gasteiger partial charge in [0, 0.05) is 0 Å². The molecule has 1 N–H and O–H groups in total. The van der Waals surface area contributed by atoms with E-state index in [-0.39, 0.29) is 15.0 Å². The fraction of sp³-hybridized carbons (Fsp3) is 0.0714. The van der Waals surface area contributed by atoms with Crippen molar-refractivity contribution in [2.75, 3.05) is 5.32 Å². The Labute approximate surface area is 121 Å². The summed E-state index contributed by atoms with van der Waals surface area (Å²) in [6.07, 6.45) is 4.04. The topological polar surface area (TPSA) is 55.1 Å². The average molecular weight is 328 g/mol.